The van der Waals surface area contributed by atoms with Crippen LogP contribution >= 0.6 is 0 Å². The number of fused-ring (bicyclic) bond motifs is 1. The van der Waals surface area contributed by atoms with E-state index in [0.717, 1.165) is 17.2 Å². The predicted molar refractivity (Wildman–Crippen MR) is 109 cm³/mol. The number of carbonyl (C=O) groups excluding carboxylic acids is 1. The third kappa shape index (κ3) is 3.91. The molecular formula is C21H21F6N5O2. The zero-order valence-corrected chi connectivity index (χ0v) is 18.3. The van der Waals surface area contributed by atoms with E-state index in [9.17, 15) is 36.2 Å². The maximum Gasteiger partial charge on any atom is 0.438 e. The lowest BCUT2D eigenvalue weighted by molar-refractivity contribution is -0.297. The van der Waals surface area contributed by atoms with Gasteiger partial charge in [0.1, 0.15) is 5.82 Å². The number of rotatable bonds is 2. The summed E-state index contributed by atoms with van der Waals surface area (Å²) in [5.41, 5.74) is -2.06. The fourth-order valence-electron chi connectivity index (χ4n) is 4.14. The van der Waals surface area contributed by atoms with Crippen molar-refractivity contribution in [3.8, 4) is 0 Å². The molecule has 2 aliphatic heterocycles. The van der Waals surface area contributed by atoms with E-state index in [1.165, 1.54) is 6.92 Å². The number of nitrogens with one attached hydrogen (secondary N) is 1. The van der Waals surface area contributed by atoms with E-state index in [4.69, 9.17) is 0 Å². The highest BCUT2D eigenvalue weighted by Crippen LogP contribution is 2.45. The Bertz CT molecular complexity index is 1170. The van der Waals surface area contributed by atoms with Gasteiger partial charge < -0.3 is 10.4 Å². The zero-order chi connectivity index (χ0) is 25.2. The van der Waals surface area contributed by atoms with Crippen molar-refractivity contribution in [3.63, 3.8) is 0 Å². The van der Waals surface area contributed by atoms with Gasteiger partial charge in [0.25, 0.3) is 11.6 Å². The van der Waals surface area contributed by atoms with Crippen LogP contribution in [0.1, 0.15) is 59.0 Å². The zero-order valence-electron chi connectivity index (χ0n) is 18.3. The maximum absolute atomic E-state index is 13.9. The number of benzene rings is 1. The lowest BCUT2D eigenvalue weighted by Gasteiger charge is -2.33. The standard InChI is InChI=1S/C21H21F6N5O2/c1-10-4-5-13(6-11(10)2)14-7-16(20(22,23)24)31-17(28-14)8-15(30-31)18(33)32-19(34,21(25,26)27)9-12(3)29-32/h4-6,8,14,16,28,34H,7,9H2,1-3H3/t14-,16+,19+/m0/s1. The van der Waals surface area contributed by atoms with Crippen molar-refractivity contribution >= 4 is 17.4 Å². The van der Waals surface area contributed by atoms with Gasteiger partial charge in [-0.2, -0.15) is 41.6 Å². The van der Waals surface area contributed by atoms with E-state index in [1.54, 1.807) is 18.2 Å². The molecule has 0 fully saturated rings. The lowest BCUT2D eigenvalue weighted by atomic mass is 9.94. The lowest BCUT2D eigenvalue weighted by Crippen LogP contribution is -2.56. The van der Waals surface area contributed by atoms with Gasteiger partial charge in [-0.15, -0.1) is 0 Å². The number of anilines is 1. The van der Waals surface area contributed by atoms with Crippen LogP contribution in [0.25, 0.3) is 0 Å². The first-order chi connectivity index (χ1) is 15.6. The Morgan fingerprint density at radius 2 is 1.79 bits per heavy atom. The maximum atomic E-state index is 13.9. The number of nitrogens with zero attached hydrogens (tertiary/aromatic N) is 4. The molecule has 4 rings (SSSR count). The Morgan fingerprint density at radius 3 is 2.38 bits per heavy atom. The van der Waals surface area contributed by atoms with Crippen molar-refractivity contribution in [3.05, 3.63) is 46.6 Å². The molecule has 3 atom stereocenters. The van der Waals surface area contributed by atoms with Gasteiger partial charge in [-0.25, -0.2) is 4.68 Å². The summed E-state index contributed by atoms with van der Waals surface area (Å²) in [6.45, 7) is 4.88. The summed E-state index contributed by atoms with van der Waals surface area (Å²) in [6.07, 6.45) is -11.4. The number of halogens is 6. The molecule has 0 saturated heterocycles. The van der Waals surface area contributed by atoms with Gasteiger partial charge in [-0.1, -0.05) is 18.2 Å². The van der Waals surface area contributed by atoms with Crippen molar-refractivity contribution in [1.29, 1.82) is 0 Å². The molecule has 3 heterocycles. The van der Waals surface area contributed by atoms with Gasteiger partial charge >= 0.3 is 12.4 Å². The van der Waals surface area contributed by atoms with Gasteiger partial charge in [0.2, 0.25) is 0 Å². The van der Waals surface area contributed by atoms with Gasteiger partial charge in [0, 0.05) is 24.6 Å². The highest BCUT2D eigenvalue weighted by molar-refractivity contribution is 5.97. The first kappa shape index (κ1) is 24.0. The van der Waals surface area contributed by atoms with E-state index >= 15 is 0 Å². The minimum Gasteiger partial charge on any atom is -0.363 e. The number of aliphatic hydroxyl groups is 1. The molecule has 0 radical (unpaired) electrons. The van der Waals surface area contributed by atoms with Crippen LogP contribution in [0.2, 0.25) is 0 Å². The molecule has 2 N–H and O–H groups in total. The predicted octanol–water partition coefficient (Wildman–Crippen LogP) is 4.63. The van der Waals surface area contributed by atoms with Gasteiger partial charge in [0.15, 0.2) is 11.7 Å². The normalized spacial score (nSPS) is 25.1. The fourth-order valence-corrected chi connectivity index (χ4v) is 4.14. The number of carbonyl (C=O) groups is 1. The molecule has 2 aliphatic rings. The average molecular weight is 489 g/mol. The number of aromatic nitrogens is 2. The van der Waals surface area contributed by atoms with Gasteiger partial charge in [0.05, 0.1) is 6.04 Å². The summed E-state index contributed by atoms with van der Waals surface area (Å²) in [5.74, 6) is -1.65. The summed E-state index contributed by atoms with van der Waals surface area (Å²) >= 11 is 0. The minimum atomic E-state index is -5.25. The van der Waals surface area contributed by atoms with Crippen LogP contribution in [0.3, 0.4) is 0 Å². The van der Waals surface area contributed by atoms with Crippen LogP contribution in [0.5, 0.6) is 0 Å². The number of alkyl halides is 6. The number of amides is 1. The highest BCUT2D eigenvalue weighted by atomic mass is 19.4. The molecule has 1 aromatic heterocycles. The molecule has 1 amide bonds. The van der Waals surface area contributed by atoms with Gasteiger partial charge in [-0.05, 0) is 37.5 Å². The Kier molecular flexibility index (Phi) is 5.46. The Hall–Kier alpha value is -3.09. The van der Waals surface area contributed by atoms with Crippen molar-refractivity contribution in [2.75, 3.05) is 5.32 Å². The van der Waals surface area contributed by atoms with E-state index in [0.29, 0.717) is 10.2 Å². The molecule has 1 aromatic carbocycles. The van der Waals surface area contributed by atoms with Crippen molar-refractivity contribution in [2.24, 2.45) is 5.10 Å². The SMILES string of the molecule is CC1=NN(C(=O)c2cc3n(n2)[C@@H](C(F)(F)F)C[C@@H](c2ccc(C)c(C)c2)N3)[C@](O)(C(F)(F)F)C1. The quantitative estimate of drug-likeness (QED) is 0.603. The number of aryl methyl sites for hydroxylation is 2. The molecule has 0 saturated carbocycles. The molecular weight excluding hydrogens is 468 g/mol. The molecule has 0 aliphatic carbocycles. The van der Waals surface area contributed by atoms with Crippen molar-refractivity contribution < 1.29 is 36.2 Å². The minimum absolute atomic E-state index is 0.167. The van der Waals surface area contributed by atoms with Crippen LogP contribution in [0.15, 0.2) is 29.4 Å². The largest absolute Gasteiger partial charge is 0.438 e. The first-order valence-corrected chi connectivity index (χ1v) is 10.3. The molecule has 2 aromatic rings. The molecule has 34 heavy (non-hydrogen) atoms. The second-order valence-electron chi connectivity index (χ2n) is 8.64. The topological polar surface area (TPSA) is 82.8 Å². The van der Waals surface area contributed by atoms with Crippen molar-refractivity contribution in [2.45, 2.75) is 63.8 Å². The molecule has 0 bridgehead atoms. The summed E-state index contributed by atoms with van der Waals surface area (Å²) in [4.78, 5) is 12.8. The van der Waals surface area contributed by atoms with Crippen molar-refractivity contribution in [1.82, 2.24) is 14.8 Å². The summed E-state index contributed by atoms with van der Waals surface area (Å²) in [5, 5.41) is 20.0. The third-order valence-electron chi connectivity index (χ3n) is 6.11. The molecule has 184 valence electrons. The summed E-state index contributed by atoms with van der Waals surface area (Å²) < 4.78 is 82.7. The van der Waals surface area contributed by atoms with Gasteiger partial charge in [-0.3, -0.25) is 4.79 Å². The fraction of sp³-hybridized carbons (Fsp3) is 0.476. The molecule has 0 unspecified atom stereocenters. The van der Waals surface area contributed by atoms with Crippen LogP contribution in [0.4, 0.5) is 32.2 Å². The highest BCUT2D eigenvalue weighted by Gasteiger charge is 2.63. The molecule has 13 heteroatoms. The Labute approximate surface area is 190 Å². The number of hydrogen-bond acceptors (Lipinski definition) is 5. The molecule has 7 nitrogen and oxygen atoms in total. The van der Waals surface area contributed by atoms with E-state index in [-0.39, 0.29) is 16.5 Å². The van der Waals surface area contributed by atoms with E-state index in [2.05, 4.69) is 15.5 Å². The third-order valence-corrected chi connectivity index (χ3v) is 6.11. The smallest absolute Gasteiger partial charge is 0.363 e. The molecule has 0 spiro atoms. The monoisotopic (exact) mass is 489 g/mol. The van der Waals surface area contributed by atoms with E-state index < -0.39 is 54.6 Å². The Balaban J connectivity index is 1.73. The van der Waals surface area contributed by atoms with E-state index in [1.807, 2.05) is 13.8 Å². The number of hydrazone groups is 1. The Morgan fingerprint density at radius 1 is 1.12 bits per heavy atom. The summed E-state index contributed by atoms with van der Waals surface area (Å²) in [7, 11) is 0. The van der Waals surface area contributed by atoms with Crippen LogP contribution in [-0.2, 0) is 0 Å². The van der Waals surface area contributed by atoms with Crippen LogP contribution in [-0.4, -0.2) is 49.6 Å². The summed E-state index contributed by atoms with van der Waals surface area (Å²) in [6, 6.07) is 3.26. The first-order valence-electron chi connectivity index (χ1n) is 10.3. The average Bonchev–Trinajstić information content (AvgIpc) is 3.28. The number of hydrogen-bond donors (Lipinski definition) is 2. The second kappa shape index (κ2) is 7.72. The second-order valence-corrected chi connectivity index (χ2v) is 8.64. The van der Waals surface area contributed by atoms with Crippen LogP contribution < -0.4 is 5.32 Å². The van der Waals surface area contributed by atoms with Crippen LogP contribution in [0, 0.1) is 13.8 Å².